The first kappa shape index (κ1) is 21.7. The fraction of sp³-hybridized carbons (Fsp3) is 0.636. The number of nitrogens with zero attached hydrogens (tertiary/aromatic N) is 1. The van der Waals surface area contributed by atoms with Crippen molar-refractivity contribution in [1.82, 2.24) is 10.2 Å². The predicted molar refractivity (Wildman–Crippen MR) is 112 cm³/mol. The third-order valence-electron chi connectivity index (χ3n) is 5.96. The Morgan fingerprint density at radius 3 is 2.45 bits per heavy atom. The zero-order chi connectivity index (χ0) is 20.5. The standard InChI is InChI=1S/C22H33N3O4/c1-28-17-20(26)24-19-7-5-18(6-8-19)22(9-3-2-4-10-22)21(27)23-11-12-25-13-15-29-16-14-25/h5-8H,2-4,9-17H2,1H3,(H,23,27)(H,24,26). The second-order valence-corrected chi connectivity index (χ2v) is 7.91. The van der Waals surface area contributed by atoms with Gasteiger partial charge in [-0.05, 0) is 30.5 Å². The Labute approximate surface area is 173 Å². The molecule has 1 aromatic carbocycles. The van der Waals surface area contributed by atoms with Crippen molar-refractivity contribution in [2.45, 2.75) is 37.5 Å². The lowest BCUT2D eigenvalue weighted by Gasteiger charge is -2.37. The number of carbonyl (C=O) groups is 2. The molecule has 0 spiro atoms. The maximum Gasteiger partial charge on any atom is 0.250 e. The molecule has 7 heteroatoms. The molecule has 7 nitrogen and oxygen atoms in total. The molecule has 1 saturated heterocycles. The largest absolute Gasteiger partial charge is 0.379 e. The van der Waals surface area contributed by atoms with Crippen LogP contribution in [0.2, 0.25) is 0 Å². The van der Waals surface area contributed by atoms with Gasteiger partial charge in [-0.1, -0.05) is 31.4 Å². The molecule has 1 aliphatic carbocycles. The summed E-state index contributed by atoms with van der Waals surface area (Å²) in [6.07, 6.45) is 5.03. The highest BCUT2D eigenvalue weighted by Crippen LogP contribution is 2.40. The molecule has 2 fully saturated rings. The van der Waals surface area contributed by atoms with Gasteiger partial charge < -0.3 is 20.1 Å². The van der Waals surface area contributed by atoms with Gasteiger partial charge in [-0.2, -0.15) is 0 Å². The number of morpholine rings is 1. The van der Waals surface area contributed by atoms with Crippen molar-refractivity contribution in [3.63, 3.8) is 0 Å². The molecule has 0 aromatic heterocycles. The highest BCUT2D eigenvalue weighted by molar-refractivity contribution is 5.92. The number of carbonyl (C=O) groups excluding carboxylic acids is 2. The van der Waals surface area contributed by atoms with Gasteiger partial charge in [-0.3, -0.25) is 14.5 Å². The number of ether oxygens (including phenoxy) is 2. The van der Waals surface area contributed by atoms with E-state index in [9.17, 15) is 9.59 Å². The molecule has 0 bridgehead atoms. The van der Waals surface area contributed by atoms with Crippen LogP contribution in [0.5, 0.6) is 0 Å². The summed E-state index contributed by atoms with van der Waals surface area (Å²) < 4.78 is 10.2. The van der Waals surface area contributed by atoms with Gasteiger partial charge in [0.15, 0.2) is 0 Å². The smallest absolute Gasteiger partial charge is 0.250 e. The van der Waals surface area contributed by atoms with E-state index in [4.69, 9.17) is 9.47 Å². The number of methoxy groups -OCH3 is 1. The molecule has 0 atom stereocenters. The highest BCUT2D eigenvalue weighted by Gasteiger charge is 2.40. The van der Waals surface area contributed by atoms with Crippen molar-refractivity contribution in [2.24, 2.45) is 0 Å². The third-order valence-corrected chi connectivity index (χ3v) is 5.96. The maximum atomic E-state index is 13.3. The second-order valence-electron chi connectivity index (χ2n) is 7.91. The Hall–Kier alpha value is -1.96. The zero-order valence-corrected chi connectivity index (χ0v) is 17.4. The monoisotopic (exact) mass is 403 g/mol. The Bertz CT molecular complexity index is 665. The number of benzene rings is 1. The number of hydrogen-bond acceptors (Lipinski definition) is 5. The third kappa shape index (κ3) is 5.78. The van der Waals surface area contributed by atoms with E-state index in [1.54, 1.807) is 0 Å². The maximum absolute atomic E-state index is 13.3. The molecule has 3 rings (SSSR count). The second kappa shape index (κ2) is 10.7. The van der Waals surface area contributed by atoms with Crippen molar-refractivity contribution < 1.29 is 19.1 Å². The summed E-state index contributed by atoms with van der Waals surface area (Å²) in [6, 6.07) is 7.71. The molecule has 0 unspecified atom stereocenters. The minimum Gasteiger partial charge on any atom is -0.379 e. The summed E-state index contributed by atoms with van der Waals surface area (Å²) in [7, 11) is 1.49. The summed E-state index contributed by atoms with van der Waals surface area (Å²) in [6.45, 7) is 4.93. The predicted octanol–water partition coefficient (Wildman–Crippen LogP) is 1.92. The molecule has 1 aliphatic heterocycles. The van der Waals surface area contributed by atoms with Crippen LogP contribution in [0, 0.1) is 0 Å². The lowest BCUT2D eigenvalue weighted by molar-refractivity contribution is -0.128. The lowest BCUT2D eigenvalue weighted by atomic mass is 9.68. The molecule has 2 N–H and O–H groups in total. The fourth-order valence-electron chi connectivity index (χ4n) is 4.32. The summed E-state index contributed by atoms with van der Waals surface area (Å²) in [5, 5.41) is 6.00. The number of rotatable bonds is 8. The number of nitrogens with one attached hydrogen (secondary N) is 2. The first-order valence-corrected chi connectivity index (χ1v) is 10.6. The number of hydrogen-bond donors (Lipinski definition) is 2. The van der Waals surface area contributed by atoms with Crippen LogP contribution >= 0.6 is 0 Å². The van der Waals surface area contributed by atoms with Gasteiger partial charge in [0, 0.05) is 39.0 Å². The molecule has 0 radical (unpaired) electrons. The van der Waals surface area contributed by atoms with Gasteiger partial charge in [0.1, 0.15) is 6.61 Å². The topological polar surface area (TPSA) is 79.9 Å². The van der Waals surface area contributed by atoms with E-state index in [2.05, 4.69) is 15.5 Å². The van der Waals surface area contributed by atoms with Gasteiger partial charge in [-0.15, -0.1) is 0 Å². The van der Waals surface area contributed by atoms with Gasteiger partial charge in [0.25, 0.3) is 0 Å². The normalized spacial score (nSPS) is 19.5. The Morgan fingerprint density at radius 2 is 1.79 bits per heavy atom. The van der Waals surface area contributed by atoms with Crippen molar-refractivity contribution in [2.75, 3.05) is 58.4 Å². The Morgan fingerprint density at radius 1 is 1.10 bits per heavy atom. The SMILES string of the molecule is COCC(=O)Nc1ccc(C2(C(=O)NCCN3CCOCC3)CCCCC2)cc1. The van der Waals surface area contributed by atoms with Crippen molar-refractivity contribution in [3.05, 3.63) is 29.8 Å². The average molecular weight is 404 g/mol. The minimum atomic E-state index is -0.474. The molecule has 160 valence electrons. The summed E-state index contributed by atoms with van der Waals surface area (Å²) in [4.78, 5) is 27.3. The lowest BCUT2D eigenvalue weighted by Crippen LogP contribution is -2.48. The van der Waals surface area contributed by atoms with Crippen LogP contribution in [0.25, 0.3) is 0 Å². The van der Waals surface area contributed by atoms with Crippen LogP contribution in [0.15, 0.2) is 24.3 Å². The molecule has 1 heterocycles. The Kier molecular flexibility index (Phi) is 8.03. The van der Waals surface area contributed by atoms with E-state index in [1.807, 2.05) is 24.3 Å². The number of amides is 2. The van der Waals surface area contributed by atoms with Crippen LogP contribution < -0.4 is 10.6 Å². The molecular formula is C22H33N3O4. The van der Waals surface area contributed by atoms with Crippen LogP contribution in [0.4, 0.5) is 5.69 Å². The minimum absolute atomic E-state index is 0.0250. The van der Waals surface area contributed by atoms with Crippen LogP contribution in [-0.2, 0) is 24.5 Å². The van der Waals surface area contributed by atoms with E-state index in [-0.39, 0.29) is 18.4 Å². The zero-order valence-electron chi connectivity index (χ0n) is 17.4. The quantitative estimate of drug-likeness (QED) is 0.693. The Balaban J connectivity index is 1.64. The number of anilines is 1. The fourth-order valence-corrected chi connectivity index (χ4v) is 4.32. The molecule has 2 aliphatic rings. The molecule has 1 saturated carbocycles. The summed E-state index contributed by atoms with van der Waals surface area (Å²) in [5.41, 5.74) is 1.28. The summed E-state index contributed by atoms with van der Waals surface area (Å²) >= 11 is 0. The first-order valence-electron chi connectivity index (χ1n) is 10.6. The van der Waals surface area contributed by atoms with Crippen molar-refractivity contribution in [1.29, 1.82) is 0 Å². The average Bonchev–Trinajstić information content (AvgIpc) is 2.75. The molecular weight excluding hydrogens is 370 g/mol. The van der Waals surface area contributed by atoms with Crippen molar-refractivity contribution >= 4 is 17.5 Å². The van der Waals surface area contributed by atoms with Gasteiger partial charge in [-0.25, -0.2) is 0 Å². The molecule has 29 heavy (non-hydrogen) atoms. The highest BCUT2D eigenvalue weighted by atomic mass is 16.5. The van der Waals surface area contributed by atoms with E-state index in [1.165, 1.54) is 13.5 Å². The van der Waals surface area contributed by atoms with Gasteiger partial charge in [0.05, 0.1) is 18.6 Å². The van der Waals surface area contributed by atoms with Gasteiger partial charge in [0.2, 0.25) is 11.8 Å². The summed E-state index contributed by atoms with van der Waals surface area (Å²) in [5.74, 6) is -0.0601. The van der Waals surface area contributed by atoms with Crippen LogP contribution in [0.3, 0.4) is 0 Å². The van der Waals surface area contributed by atoms with E-state index >= 15 is 0 Å². The molecule has 1 aromatic rings. The first-order chi connectivity index (χ1) is 14.1. The van der Waals surface area contributed by atoms with Gasteiger partial charge >= 0.3 is 0 Å². The van der Waals surface area contributed by atoms with E-state index in [0.29, 0.717) is 6.54 Å². The van der Waals surface area contributed by atoms with Crippen LogP contribution in [0.1, 0.15) is 37.7 Å². The van der Waals surface area contributed by atoms with Crippen molar-refractivity contribution in [3.8, 4) is 0 Å². The van der Waals surface area contributed by atoms with E-state index in [0.717, 1.165) is 69.8 Å². The van der Waals surface area contributed by atoms with Crippen LogP contribution in [-0.4, -0.2) is 69.8 Å². The van der Waals surface area contributed by atoms with E-state index < -0.39 is 5.41 Å². The molecule has 2 amide bonds.